The molecule has 2 unspecified atom stereocenters. The maximum Gasteiger partial charge on any atom is 0.326 e. The van der Waals surface area contributed by atoms with E-state index >= 15 is 0 Å². The van der Waals surface area contributed by atoms with Crippen LogP contribution in [0.1, 0.15) is 48.2 Å². The number of nitrogens with one attached hydrogen (secondary N) is 4. The van der Waals surface area contributed by atoms with Crippen LogP contribution in [0.3, 0.4) is 0 Å². The van der Waals surface area contributed by atoms with Gasteiger partial charge in [-0.3, -0.25) is 48.5 Å². The molecule has 0 aliphatic carbocycles. The van der Waals surface area contributed by atoms with E-state index in [1.165, 1.54) is 18.3 Å². The summed E-state index contributed by atoms with van der Waals surface area (Å²) in [6.07, 6.45) is 2.62. The summed E-state index contributed by atoms with van der Waals surface area (Å²) in [5.74, 6) is -5.64. The molecule has 1 saturated heterocycles. The largest absolute Gasteiger partial charge is 0.480 e. The maximum absolute atomic E-state index is 12.9. The van der Waals surface area contributed by atoms with Crippen LogP contribution in [0.4, 0.5) is 11.6 Å². The van der Waals surface area contributed by atoms with Gasteiger partial charge in [-0.1, -0.05) is 6.42 Å². The van der Waals surface area contributed by atoms with Crippen LogP contribution in [-0.4, -0.2) is 162 Å². The lowest BCUT2D eigenvalue weighted by Gasteiger charge is -2.33. The number of H-pyrrole nitrogens is 1. The van der Waals surface area contributed by atoms with E-state index in [2.05, 4.69) is 35.9 Å². The average molecular weight is 798 g/mol. The fraction of sp³-hybridized carbons (Fsp3) is 0.486. The summed E-state index contributed by atoms with van der Waals surface area (Å²) in [6.45, 7) is 1.01. The molecule has 4 rings (SSSR count). The normalized spacial score (nSPS) is 16.1. The molecular weight excluding hydrogens is 750 g/mol. The van der Waals surface area contributed by atoms with Crippen molar-refractivity contribution >= 4 is 58.5 Å². The summed E-state index contributed by atoms with van der Waals surface area (Å²) in [7, 11) is 0. The quantitative estimate of drug-likeness (QED) is 0.0600. The molecule has 1 aliphatic rings. The Balaban J connectivity index is 1.22. The predicted molar refractivity (Wildman–Crippen MR) is 202 cm³/mol. The van der Waals surface area contributed by atoms with Crippen molar-refractivity contribution in [3.8, 4) is 0 Å². The van der Waals surface area contributed by atoms with Crippen molar-refractivity contribution in [3.63, 3.8) is 0 Å². The number of nitrogen functional groups attached to an aromatic ring is 1. The van der Waals surface area contributed by atoms with Gasteiger partial charge in [0, 0.05) is 63.0 Å². The van der Waals surface area contributed by atoms with E-state index in [0.717, 1.165) is 0 Å². The van der Waals surface area contributed by atoms with Gasteiger partial charge in [-0.25, -0.2) is 14.8 Å². The van der Waals surface area contributed by atoms with Crippen LogP contribution in [0, 0.1) is 0 Å². The lowest BCUT2D eigenvalue weighted by Crippen LogP contribution is -2.48. The van der Waals surface area contributed by atoms with Crippen LogP contribution in [0.2, 0.25) is 0 Å². The van der Waals surface area contributed by atoms with Crippen molar-refractivity contribution < 1.29 is 49.2 Å². The zero-order valence-electron chi connectivity index (χ0n) is 31.1. The molecule has 22 heteroatoms. The first-order valence-corrected chi connectivity index (χ1v) is 18.2. The molecule has 0 spiro atoms. The Morgan fingerprint density at radius 2 is 1.54 bits per heavy atom. The van der Waals surface area contributed by atoms with Crippen molar-refractivity contribution in [1.82, 2.24) is 45.3 Å². The number of nitrogens with zero attached hydrogens (tertiary/aromatic N) is 6. The molecule has 1 aliphatic heterocycles. The number of carbonyl (C=O) groups excluding carboxylic acids is 2. The molecule has 0 bridgehead atoms. The summed E-state index contributed by atoms with van der Waals surface area (Å²) >= 11 is 0. The topological polar surface area (TPSA) is 327 Å². The molecule has 1 fully saturated rings. The second-order valence-electron chi connectivity index (χ2n) is 13.5. The lowest BCUT2D eigenvalue weighted by atomic mass is 10.1. The number of hydrogen-bond acceptors (Lipinski definition) is 15. The number of aliphatic carboxylic acids is 4. The van der Waals surface area contributed by atoms with Gasteiger partial charge >= 0.3 is 23.9 Å². The van der Waals surface area contributed by atoms with Gasteiger partial charge in [-0.05, 0) is 43.5 Å². The molecule has 2 aromatic heterocycles. The highest BCUT2D eigenvalue weighted by Gasteiger charge is 2.28. The fourth-order valence-electron chi connectivity index (χ4n) is 6.28. The van der Waals surface area contributed by atoms with Gasteiger partial charge in [0.05, 0.1) is 38.1 Å². The Morgan fingerprint density at radius 3 is 2.23 bits per heavy atom. The Labute approximate surface area is 325 Å². The number of hydrogen-bond donors (Lipinski definition) is 9. The van der Waals surface area contributed by atoms with E-state index in [-0.39, 0.29) is 87.4 Å². The molecular formula is C35H47N11O11. The summed E-state index contributed by atoms with van der Waals surface area (Å²) < 4.78 is 0. The zero-order chi connectivity index (χ0) is 41.5. The molecule has 2 atom stereocenters. The van der Waals surface area contributed by atoms with Gasteiger partial charge in [0.25, 0.3) is 11.5 Å². The Morgan fingerprint density at radius 1 is 0.877 bits per heavy atom. The van der Waals surface area contributed by atoms with Crippen LogP contribution in [0.15, 0.2) is 35.3 Å². The number of fused-ring (bicyclic) bond motifs is 1. The predicted octanol–water partition coefficient (Wildman–Crippen LogP) is -1.30. The molecule has 0 saturated carbocycles. The van der Waals surface area contributed by atoms with Crippen LogP contribution < -0.4 is 27.2 Å². The lowest BCUT2D eigenvalue weighted by molar-refractivity contribution is -0.140. The highest BCUT2D eigenvalue weighted by Crippen LogP contribution is 2.15. The summed E-state index contributed by atoms with van der Waals surface area (Å²) in [5.41, 5.74) is 6.38. The Hall–Kier alpha value is -6.26. The van der Waals surface area contributed by atoms with E-state index in [1.54, 1.807) is 26.8 Å². The van der Waals surface area contributed by atoms with E-state index in [0.29, 0.717) is 50.3 Å². The van der Waals surface area contributed by atoms with Crippen molar-refractivity contribution in [1.29, 1.82) is 0 Å². The highest BCUT2D eigenvalue weighted by molar-refractivity contribution is 5.97. The number of anilines is 2. The van der Waals surface area contributed by atoms with Crippen molar-refractivity contribution in [2.24, 2.45) is 0 Å². The Kier molecular flexibility index (Phi) is 16.1. The number of nitrogens with two attached hydrogens (primary N) is 1. The van der Waals surface area contributed by atoms with E-state index in [9.17, 15) is 54.0 Å². The van der Waals surface area contributed by atoms with Crippen LogP contribution in [-0.2, 0) is 30.5 Å². The minimum atomic E-state index is -1.34. The third-order valence-electron chi connectivity index (χ3n) is 9.13. The number of aromatic nitrogens is 4. The Bertz CT molecular complexity index is 1960. The maximum atomic E-state index is 12.9. The number of benzene rings is 1. The molecule has 57 heavy (non-hydrogen) atoms. The monoisotopic (exact) mass is 797 g/mol. The van der Waals surface area contributed by atoms with E-state index in [1.807, 2.05) is 0 Å². The summed E-state index contributed by atoms with van der Waals surface area (Å²) in [6, 6.07) is 4.50. The van der Waals surface area contributed by atoms with Crippen LogP contribution in [0.5, 0.6) is 0 Å². The molecule has 2 amide bonds. The molecule has 22 nitrogen and oxygen atoms in total. The van der Waals surface area contributed by atoms with Gasteiger partial charge in [-0.15, -0.1) is 0 Å². The van der Waals surface area contributed by atoms with Gasteiger partial charge < -0.3 is 42.1 Å². The first-order valence-electron chi connectivity index (χ1n) is 18.2. The van der Waals surface area contributed by atoms with Gasteiger partial charge in [0.1, 0.15) is 6.04 Å². The SMILES string of the molecule is Nc1nc2ncc(CNc3ccc(C(=O)NC(CCC(=O)NCCCCC4CN(CC(=O)O)CCN(CC(=O)O)CCN4CC(=O)O)C(=O)O)cc3)nc2c(=O)[nH]1. The van der Waals surface area contributed by atoms with E-state index < -0.39 is 47.3 Å². The molecule has 3 heterocycles. The number of carboxylic acids is 4. The zero-order valence-corrected chi connectivity index (χ0v) is 31.1. The van der Waals surface area contributed by atoms with Gasteiger partial charge in [-0.2, -0.15) is 4.98 Å². The van der Waals surface area contributed by atoms with Gasteiger partial charge in [0.2, 0.25) is 11.9 Å². The third kappa shape index (κ3) is 14.4. The first-order chi connectivity index (χ1) is 27.2. The minimum Gasteiger partial charge on any atom is -0.480 e. The summed E-state index contributed by atoms with van der Waals surface area (Å²) in [5, 5.41) is 46.2. The second-order valence-corrected chi connectivity index (χ2v) is 13.5. The average Bonchev–Trinajstić information content (AvgIpc) is 3.21. The molecule has 10 N–H and O–H groups in total. The van der Waals surface area contributed by atoms with Crippen LogP contribution >= 0.6 is 0 Å². The van der Waals surface area contributed by atoms with Gasteiger partial charge in [0.15, 0.2) is 11.2 Å². The molecule has 3 aromatic rings. The number of carbonyl (C=O) groups is 6. The highest BCUT2D eigenvalue weighted by atomic mass is 16.4. The minimum absolute atomic E-state index is 0.0317. The molecule has 308 valence electrons. The molecule has 0 radical (unpaired) electrons. The van der Waals surface area contributed by atoms with Crippen molar-refractivity contribution in [2.75, 3.05) is 70.0 Å². The number of carboxylic acid groups (broad SMARTS) is 4. The van der Waals surface area contributed by atoms with E-state index in [4.69, 9.17) is 5.73 Å². The fourth-order valence-corrected chi connectivity index (χ4v) is 6.28. The van der Waals surface area contributed by atoms with Crippen LogP contribution in [0.25, 0.3) is 11.2 Å². The second kappa shape index (κ2) is 21.2. The first kappa shape index (κ1) is 43.5. The standard InChI is InChI=1S/C35H47N11O11/c36-35-42-31-30(33(55)43-35)40-23(16-39-31)15-38-22-6-4-21(5-7-22)32(54)41-25(34(56)57)8-9-26(47)37-10-2-1-3-24-17-45(19-28(50)51)12-11-44(18-27(48)49)13-14-46(24)20-29(52)53/h4-7,16,24-25,38H,1-3,8-15,17-20H2,(H,37,47)(H,41,54)(H,48,49)(H,50,51)(H,52,53)(H,56,57)(H3,36,39,42,43,55). The van der Waals surface area contributed by atoms with Crippen molar-refractivity contribution in [2.45, 2.75) is 50.7 Å². The summed E-state index contributed by atoms with van der Waals surface area (Å²) in [4.78, 5) is 104. The molecule has 1 aromatic carbocycles. The number of unbranched alkanes of at least 4 members (excludes halogenated alkanes) is 1. The smallest absolute Gasteiger partial charge is 0.326 e. The third-order valence-corrected chi connectivity index (χ3v) is 9.13. The number of rotatable bonds is 20. The number of aromatic amines is 1. The number of amides is 2. The van der Waals surface area contributed by atoms with Crippen molar-refractivity contribution in [3.05, 3.63) is 52.1 Å².